The van der Waals surface area contributed by atoms with Crippen LogP contribution in [0, 0.1) is 28.6 Å². The first-order valence-corrected chi connectivity index (χ1v) is 18.0. The molecule has 4 bridgehead atoms. The Bertz CT molecular complexity index is 1530. The SMILES string of the molecule is O=C(c1ccc(CNC(=O)C23CC4CC(CC(C(=O)NCCC(c5ccccc5)c5ccccc5)(C4)C2)C3)cc1)N1CCC(CO)CC1. The lowest BCUT2D eigenvalue weighted by molar-refractivity contribution is -0.167. The monoisotopic (exact) mass is 647 g/mol. The van der Waals surface area contributed by atoms with E-state index < -0.39 is 10.8 Å². The van der Waals surface area contributed by atoms with Crippen LogP contribution in [0.2, 0.25) is 0 Å². The highest BCUT2D eigenvalue weighted by Crippen LogP contribution is 2.65. The van der Waals surface area contributed by atoms with Crippen molar-refractivity contribution >= 4 is 17.7 Å². The largest absolute Gasteiger partial charge is 0.396 e. The van der Waals surface area contributed by atoms with Crippen molar-refractivity contribution in [3.8, 4) is 0 Å². The van der Waals surface area contributed by atoms with Crippen LogP contribution >= 0.6 is 0 Å². The highest BCUT2D eigenvalue weighted by atomic mass is 16.3. The van der Waals surface area contributed by atoms with Gasteiger partial charge >= 0.3 is 0 Å². The molecule has 3 aromatic rings. The Morgan fingerprint density at radius 3 is 1.83 bits per heavy atom. The molecule has 5 fully saturated rings. The third-order valence-corrected chi connectivity index (χ3v) is 12.0. The molecule has 0 aromatic heterocycles. The molecular formula is C41H49N3O4. The summed E-state index contributed by atoms with van der Waals surface area (Å²) in [6.45, 7) is 2.54. The van der Waals surface area contributed by atoms with Crippen LogP contribution in [-0.4, -0.2) is 54.0 Å². The van der Waals surface area contributed by atoms with Gasteiger partial charge in [0.25, 0.3) is 5.91 Å². The molecule has 7 nitrogen and oxygen atoms in total. The number of piperidine rings is 1. The molecule has 8 rings (SSSR count). The fourth-order valence-electron chi connectivity index (χ4n) is 9.84. The summed E-state index contributed by atoms with van der Waals surface area (Å²) in [6.07, 6.45) is 7.76. The summed E-state index contributed by atoms with van der Waals surface area (Å²) in [5.74, 6) is 1.56. The molecule has 1 heterocycles. The van der Waals surface area contributed by atoms with Gasteiger partial charge in [-0.2, -0.15) is 0 Å². The van der Waals surface area contributed by atoms with E-state index in [1.165, 1.54) is 11.1 Å². The predicted molar refractivity (Wildman–Crippen MR) is 186 cm³/mol. The lowest BCUT2D eigenvalue weighted by Crippen LogP contribution is -2.61. The molecular weight excluding hydrogens is 598 g/mol. The van der Waals surface area contributed by atoms with Crippen LogP contribution in [0.3, 0.4) is 0 Å². The number of rotatable bonds is 11. The molecule has 7 heteroatoms. The molecule has 1 aliphatic heterocycles. The van der Waals surface area contributed by atoms with Crippen molar-refractivity contribution in [2.75, 3.05) is 26.2 Å². The molecule has 2 unspecified atom stereocenters. The normalized spacial score (nSPS) is 26.4. The van der Waals surface area contributed by atoms with E-state index in [0.29, 0.717) is 50.0 Å². The van der Waals surface area contributed by atoms with Crippen LogP contribution in [0.1, 0.15) is 90.8 Å². The summed E-state index contributed by atoms with van der Waals surface area (Å²) in [7, 11) is 0. The lowest BCUT2D eigenvalue weighted by Gasteiger charge is -2.60. The number of hydrogen-bond acceptors (Lipinski definition) is 4. The molecule has 0 radical (unpaired) electrons. The van der Waals surface area contributed by atoms with Gasteiger partial charge in [-0.15, -0.1) is 0 Å². The number of hydrogen-bond donors (Lipinski definition) is 3. The smallest absolute Gasteiger partial charge is 0.253 e. The highest BCUT2D eigenvalue weighted by Gasteiger charge is 2.63. The number of aliphatic hydroxyl groups is 1. The van der Waals surface area contributed by atoms with E-state index in [1.54, 1.807) is 0 Å². The number of nitrogens with one attached hydrogen (secondary N) is 2. The molecule has 0 spiro atoms. The fraction of sp³-hybridized carbons (Fsp3) is 0.488. The van der Waals surface area contributed by atoms with Gasteiger partial charge in [-0.05, 0) is 104 Å². The number of carbonyl (C=O) groups is 3. The van der Waals surface area contributed by atoms with Crippen LogP contribution < -0.4 is 10.6 Å². The summed E-state index contributed by atoms with van der Waals surface area (Å²) >= 11 is 0. The summed E-state index contributed by atoms with van der Waals surface area (Å²) in [5.41, 5.74) is 3.16. The van der Waals surface area contributed by atoms with Gasteiger partial charge < -0.3 is 20.6 Å². The summed E-state index contributed by atoms with van der Waals surface area (Å²) in [4.78, 5) is 42.9. The summed E-state index contributed by atoms with van der Waals surface area (Å²) < 4.78 is 0. The van der Waals surface area contributed by atoms with Crippen molar-refractivity contribution in [3.05, 3.63) is 107 Å². The van der Waals surface area contributed by atoms with Crippen molar-refractivity contribution in [2.24, 2.45) is 28.6 Å². The van der Waals surface area contributed by atoms with Crippen molar-refractivity contribution in [2.45, 2.75) is 70.3 Å². The number of nitrogens with zero attached hydrogens (tertiary/aromatic N) is 1. The van der Waals surface area contributed by atoms with Gasteiger partial charge in [0.05, 0.1) is 10.8 Å². The van der Waals surface area contributed by atoms with Crippen molar-refractivity contribution in [3.63, 3.8) is 0 Å². The lowest BCUT2D eigenvalue weighted by atomic mass is 9.43. The number of benzene rings is 3. The average molecular weight is 648 g/mol. The molecule has 3 amide bonds. The zero-order chi connectivity index (χ0) is 33.1. The fourth-order valence-corrected chi connectivity index (χ4v) is 9.84. The molecule has 2 atom stereocenters. The van der Waals surface area contributed by atoms with Gasteiger partial charge in [0, 0.05) is 44.3 Å². The number of carbonyl (C=O) groups excluding carboxylic acids is 3. The van der Waals surface area contributed by atoms with Gasteiger partial charge in [0.1, 0.15) is 0 Å². The van der Waals surface area contributed by atoms with E-state index in [2.05, 4.69) is 59.2 Å². The van der Waals surface area contributed by atoms with Crippen LogP contribution in [0.5, 0.6) is 0 Å². The molecule has 5 aliphatic rings. The van der Waals surface area contributed by atoms with E-state index in [9.17, 15) is 19.5 Å². The third-order valence-electron chi connectivity index (χ3n) is 12.0. The molecule has 3 aromatic carbocycles. The maximum absolute atomic E-state index is 14.0. The predicted octanol–water partition coefficient (Wildman–Crippen LogP) is 6.07. The minimum Gasteiger partial charge on any atom is -0.396 e. The Hall–Kier alpha value is -3.97. The minimum atomic E-state index is -0.491. The van der Waals surface area contributed by atoms with Gasteiger partial charge in [0.2, 0.25) is 11.8 Å². The Balaban J connectivity index is 0.964. The van der Waals surface area contributed by atoms with Crippen LogP contribution in [0.4, 0.5) is 0 Å². The first-order chi connectivity index (χ1) is 23.4. The van der Waals surface area contributed by atoms with E-state index in [0.717, 1.165) is 56.9 Å². The maximum atomic E-state index is 14.0. The Labute approximate surface area is 284 Å². The van der Waals surface area contributed by atoms with Crippen LogP contribution in [0.25, 0.3) is 0 Å². The van der Waals surface area contributed by atoms with Gasteiger partial charge in [-0.3, -0.25) is 14.4 Å². The maximum Gasteiger partial charge on any atom is 0.253 e. The minimum absolute atomic E-state index is 0.0229. The molecule has 252 valence electrons. The summed E-state index contributed by atoms with van der Waals surface area (Å²) in [6, 6.07) is 28.6. The average Bonchev–Trinajstić information content (AvgIpc) is 3.12. The second-order valence-corrected chi connectivity index (χ2v) is 15.2. The van der Waals surface area contributed by atoms with Crippen molar-refractivity contribution < 1.29 is 19.5 Å². The third kappa shape index (κ3) is 6.67. The van der Waals surface area contributed by atoms with E-state index in [-0.39, 0.29) is 36.2 Å². The zero-order valence-corrected chi connectivity index (χ0v) is 27.9. The van der Waals surface area contributed by atoms with E-state index >= 15 is 0 Å². The Morgan fingerprint density at radius 2 is 1.29 bits per heavy atom. The highest BCUT2D eigenvalue weighted by molar-refractivity contribution is 5.94. The zero-order valence-electron chi connectivity index (χ0n) is 27.9. The molecule has 3 N–H and O–H groups in total. The number of likely N-dealkylation sites (tertiary alicyclic amines) is 1. The van der Waals surface area contributed by atoms with E-state index in [1.807, 2.05) is 41.3 Å². The standard InChI is InChI=1S/C41H49N3O4/c45-27-30-16-19-44(20-17-30)37(46)35-13-11-29(12-14-35)26-43-39(48)41-24-31-21-32(25-41)23-40(22-31,28-41)38(47)42-18-15-36(33-7-3-1-4-8-33)34-9-5-2-6-10-34/h1-14,30-32,36,45H,15-28H2,(H,42,47)(H,43,48). The number of aliphatic hydroxyl groups excluding tert-OH is 1. The van der Waals surface area contributed by atoms with Crippen LogP contribution in [-0.2, 0) is 16.1 Å². The Kier molecular flexibility index (Phi) is 9.41. The molecule has 4 aliphatic carbocycles. The first kappa shape index (κ1) is 32.6. The van der Waals surface area contributed by atoms with Gasteiger partial charge in [-0.1, -0.05) is 72.8 Å². The number of amides is 3. The van der Waals surface area contributed by atoms with Gasteiger partial charge in [0.15, 0.2) is 0 Å². The van der Waals surface area contributed by atoms with Crippen LogP contribution in [0.15, 0.2) is 84.9 Å². The molecule has 48 heavy (non-hydrogen) atoms. The van der Waals surface area contributed by atoms with Crippen molar-refractivity contribution in [1.82, 2.24) is 15.5 Å². The second-order valence-electron chi connectivity index (χ2n) is 15.2. The van der Waals surface area contributed by atoms with Crippen molar-refractivity contribution in [1.29, 1.82) is 0 Å². The second kappa shape index (κ2) is 13.9. The van der Waals surface area contributed by atoms with Gasteiger partial charge in [-0.25, -0.2) is 0 Å². The first-order valence-electron chi connectivity index (χ1n) is 18.0. The Morgan fingerprint density at radius 1 is 0.750 bits per heavy atom. The molecule has 4 saturated carbocycles. The molecule has 1 saturated heterocycles. The van der Waals surface area contributed by atoms with E-state index in [4.69, 9.17) is 0 Å². The topological polar surface area (TPSA) is 98.7 Å². The quantitative estimate of drug-likeness (QED) is 0.235. The summed E-state index contributed by atoms with van der Waals surface area (Å²) in [5, 5.41) is 16.0.